The van der Waals surface area contributed by atoms with Crippen molar-refractivity contribution in [3.63, 3.8) is 0 Å². The van der Waals surface area contributed by atoms with Gasteiger partial charge < -0.3 is 14.2 Å². The molecule has 1 amide bonds. The molecule has 3 aromatic rings. The molecule has 0 radical (unpaired) electrons. The number of carbonyl (C=O) groups excluding carboxylic acids is 2. The molecule has 10 heteroatoms. The smallest absolute Gasteiger partial charge is 0.428 e. The molecule has 0 spiro atoms. The van der Waals surface area contributed by atoms with Gasteiger partial charge >= 0.3 is 12.1 Å². The number of thiazole rings is 1. The molecule has 0 aliphatic carbocycles. The Hall–Kier alpha value is -3.24. The molecule has 33 heavy (non-hydrogen) atoms. The monoisotopic (exact) mass is 487 g/mol. The Balaban J connectivity index is 1.70. The first-order chi connectivity index (χ1) is 15.6. The molecule has 0 bridgehead atoms. The zero-order chi connectivity index (χ0) is 24.0. The second kappa shape index (κ2) is 10.6. The predicted octanol–water partition coefficient (Wildman–Crippen LogP) is 5.26. The lowest BCUT2D eigenvalue weighted by Crippen LogP contribution is -2.29. The van der Waals surface area contributed by atoms with Crippen LogP contribution in [0.5, 0.6) is 5.75 Å². The van der Waals surface area contributed by atoms with E-state index in [2.05, 4.69) is 15.3 Å². The number of thiophene rings is 1. The molecule has 0 unspecified atom stereocenters. The van der Waals surface area contributed by atoms with Crippen molar-refractivity contribution in [2.45, 2.75) is 33.3 Å². The molecule has 1 N–H and O–H groups in total. The molecule has 0 saturated heterocycles. The normalized spacial score (nSPS) is 11.4. The molecule has 0 saturated carbocycles. The Morgan fingerprint density at radius 1 is 1.24 bits per heavy atom. The van der Waals surface area contributed by atoms with Gasteiger partial charge in [-0.25, -0.2) is 20.0 Å². The number of hydrazone groups is 1. The molecule has 3 rings (SSSR count). The van der Waals surface area contributed by atoms with Crippen LogP contribution in [-0.2, 0) is 14.3 Å². The molecule has 1 aromatic carbocycles. The maximum Gasteiger partial charge on any atom is 0.428 e. The van der Waals surface area contributed by atoms with Crippen LogP contribution in [0.1, 0.15) is 30.5 Å². The number of amides is 1. The topological polar surface area (TPSA) is 99.1 Å². The molecular formula is C23H25N3O5S2. The minimum atomic E-state index is -0.602. The van der Waals surface area contributed by atoms with E-state index in [1.807, 2.05) is 36.6 Å². The highest BCUT2D eigenvalue weighted by Crippen LogP contribution is 2.35. The van der Waals surface area contributed by atoms with Gasteiger partial charge in [-0.2, -0.15) is 5.10 Å². The van der Waals surface area contributed by atoms with Gasteiger partial charge in [0.05, 0.1) is 19.0 Å². The summed E-state index contributed by atoms with van der Waals surface area (Å²) in [6, 6.07) is 9.38. The maximum atomic E-state index is 11.7. The highest BCUT2D eigenvalue weighted by Gasteiger charge is 2.16. The summed E-state index contributed by atoms with van der Waals surface area (Å²) in [5, 5.41) is 6.82. The second-order valence-corrected chi connectivity index (χ2v) is 10.1. The number of aryl methyl sites for hydroxylation is 1. The number of rotatable bonds is 7. The molecule has 0 atom stereocenters. The van der Waals surface area contributed by atoms with Crippen LogP contribution in [0.15, 0.2) is 40.8 Å². The quantitative estimate of drug-likeness (QED) is 0.277. The van der Waals surface area contributed by atoms with E-state index in [9.17, 15) is 9.59 Å². The van der Waals surface area contributed by atoms with Gasteiger partial charge in [-0.05, 0) is 45.9 Å². The van der Waals surface area contributed by atoms with Gasteiger partial charge in [0.2, 0.25) is 0 Å². The third-order valence-electron chi connectivity index (χ3n) is 4.13. The Morgan fingerprint density at radius 3 is 2.76 bits per heavy atom. The summed E-state index contributed by atoms with van der Waals surface area (Å²) in [4.78, 5) is 29.7. The lowest BCUT2D eigenvalue weighted by molar-refractivity contribution is -0.142. The van der Waals surface area contributed by atoms with Crippen LogP contribution in [0.2, 0.25) is 0 Å². The molecule has 174 valence electrons. The lowest BCUT2D eigenvalue weighted by Gasteiger charge is -2.18. The molecule has 2 heterocycles. The average molecular weight is 488 g/mol. The van der Waals surface area contributed by atoms with Crippen molar-refractivity contribution in [2.75, 3.05) is 13.7 Å². The van der Waals surface area contributed by atoms with Crippen molar-refractivity contribution >= 4 is 41.0 Å². The summed E-state index contributed by atoms with van der Waals surface area (Å²) in [5.41, 5.74) is 4.49. The Bertz CT molecular complexity index is 1160. The van der Waals surface area contributed by atoms with Gasteiger partial charge in [0, 0.05) is 26.3 Å². The first-order valence-electron chi connectivity index (χ1n) is 10.0. The fourth-order valence-electron chi connectivity index (χ4n) is 2.71. The van der Waals surface area contributed by atoms with E-state index in [0.29, 0.717) is 5.75 Å². The van der Waals surface area contributed by atoms with Crippen LogP contribution in [0.3, 0.4) is 0 Å². The van der Waals surface area contributed by atoms with Crippen molar-refractivity contribution in [3.8, 4) is 27.6 Å². The van der Waals surface area contributed by atoms with E-state index in [1.54, 1.807) is 44.4 Å². The SMILES string of the molecule is COC(=O)COc1cccc(-c2csc(-c3cc(C=NNC(=O)OC(C)(C)C)sc3C)n2)c1. The number of nitrogens with one attached hydrogen (secondary N) is 1. The van der Waals surface area contributed by atoms with E-state index in [4.69, 9.17) is 14.5 Å². The third kappa shape index (κ3) is 7.13. The number of hydrogen-bond donors (Lipinski definition) is 1. The summed E-state index contributed by atoms with van der Waals surface area (Å²) in [6.45, 7) is 7.24. The van der Waals surface area contributed by atoms with Crippen molar-refractivity contribution in [1.82, 2.24) is 10.4 Å². The van der Waals surface area contributed by atoms with Crippen LogP contribution < -0.4 is 10.2 Å². The fraction of sp³-hybridized carbons (Fsp3) is 0.304. The van der Waals surface area contributed by atoms with Crippen LogP contribution in [0.4, 0.5) is 4.79 Å². The first kappa shape index (κ1) is 24.4. The summed E-state index contributed by atoms with van der Waals surface area (Å²) >= 11 is 3.09. The maximum absolute atomic E-state index is 11.7. The minimum absolute atomic E-state index is 0.149. The molecule has 8 nitrogen and oxygen atoms in total. The van der Waals surface area contributed by atoms with E-state index in [1.165, 1.54) is 18.4 Å². The lowest BCUT2D eigenvalue weighted by atomic mass is 10.1. The largest absolute Gasteiger partial charge is 0.482 e. The Morgan fingerprint density at radius 2 is 2.03 bits per heavy atom. The highest BCUT2D eigenvalue weighted by molar-refractivity contribution is 7.16. The average Bonchev–Trinajstić information content (AvgIpc) is 3.37. The number of benzene rings is 1. The van der Waals surface area contributed by atoms with Crippen LogP contribution in [0.25, 0.3) is 21.8 Å². The minimum Gasteiger partial charge on any atom is -0.482 e. The van der Waals surface area contributed by atoms with E-state index in [-0.39, 0.29) is 6.61 Å². The Labute approximate surface area is 200 Å². The molecule has 0 fully saturated rings. The number of esters is 1. The molecule has 0 aliphatic rings. The van der Waals surface area contributed by atoms with Gasteiger partial charge in [0.1, 0.15) is 16.4 Å². The zero-order valence-electron chi connectivity index (χ0n) is 19.0. The highest BCUT2D eigenvalue weighted by atomic mass is 32.1. The van der Waals surface area contributed by atoms with Crippen LogP contribution in [0, 0.1) is 6.92 Å². The molecule has 2 aromatic heterocycles. The first-order valence-corrected chi connectivity index (χ1v) is 11.7. The van der Waals surface area contributed by atoms with Gasteiger partial charge in [0.25, 0.3) is 0 Å². The summed E-state index contributed by atoms with van der Waals surface area (Å²) in [7, 11) is 1.32. The number of methoxy groups -OCH3 is 1. The van der Waals surface area contributed by atoms with Crippen LogP contribution in [-0.4, -0.2) is 42.6 Å². The number of ether oxygens (including phenoxy) is 3. The third-order valence-corrected chi connectivity index (χ3v) is 5.99. The second-order valence-electron chi connectivity index (χ2n) is 7.92. The van der Waals surface area contributed by atoms with Gasteiger partial charge in [0.15, 0.2) is 6.61 Å². The predicted molar refractivity (Wildman–Crippen MR) is 130 cm³/mol. The van der Waals surface area contributed by atoms with Gasteiger partial charge in [-0.15, -0.1) is 22.7 Å². The van der Waals surface area contributed by atoms with E-state index >= 15 is 0 Å². The number of nitrogens with zero attached hydrogens (tertiary/aromatic N) is 2. The van der Waals surface area contributed by atoms with E-state index in [0.717, 1.165) is 31.6 Å². The van der Waals surface area contributed by atoms with Crippen molar-refractivity contribution in [2.24, 2.45) is 5.10 Å². The van der Waals surface area contributed by atoms with Gasteiger partial charge in [-0.1, -0.05) is 12.1 Å². The number of carbonyl (C=O) groups is 2. The number of aromatic nitrogens is 1. The Kier molecular flexibility index (Phi) is 7.83. The van der Waals surface area contributed by atoms with Crippen LogP contribution >= 0.6 is 22.7 Å². The molecule has 0 aliphatic heterocycles. The van der Waals surface area contributed by atoms with Crippen molar-refractivity contribution in [3.05, 3.63) is 45.5 Å². The van der Waals surface area contributed by atoms with Crippen molar-refractivity contribution < 1.29 is 23.8 Å². The van der Waals surface area contributed by atoms with E-state index < -0.39 is 17.7 Å². The summed E-state index contributed by atoms with van der Waals surface area (Å²) in [5.74, 6) is 0.125. The number of hydrogen-bond acceptors (Lipinski definition) is 9. The fourth-order valence-corrected chi connectivity index (χ4v) is 4.57. The van der Waals surface area contributed by atoms with Gasteiger partial charge in [-0.3, -0.25) is 0 Å². The summed E-state index contributed by atoms with van der Waals surface area (Å²) < 4.78 is 15.2. The van der Waals surface area contributed by atoms with Crippen molar-refractivity contribution in [1.29, 1.82) is 0 Å². The standard InChI is InChI=1S/C23H25N3O5S2/c1-14-18(10-17(33-14)11-24-26-22(28)31-23(2,3)4)21-25-19(13-32-21)15-7-6-8-16(9-15)30-12-20(27)29-5/h6-11,13H,12H2,1-5H3,(H,26,28). The molecular weight excluding hydrogens is 462 g/mol. The zero-order valence-corrected chi connectivity index (χ0v) is 20.6. The summed E-state index contributed by atoms with van der Waals surface area (Å²) in [6.07, 6.45) is 0.983.